The lowest BCUT2D eigenvalue weighted by atomic mass is 9.91. The van der Waals surface area contributed by atoms with E-state index in [0.29, 0.717) is 31.4 Å². The number of anilines is 1. The van der Waals surface area contributed by atoms with Gasteiger partial charge in [0.15, 0.2) is 34.3 Å². The van der Waals surface area contributed by atoms with Gasteiger partial charge in [-0.15, -0.1) is 5.10 Å². The van der Waals surface area contributed by atoms with E-state index in [1.54, 1.807) is 0 Å². The largest absolute Gasteiger partial charge is 0.490 e. The normalized spacial score (nSPS) is 27.6. The number of fused-ring (bicyclic) bond motifs is 1. The van der Waals surface area contributed by atoms with Gasteiger partial charge in [0.1, 0.15) is 0 Å². The van der Waals surface area contributed by atoms with Gasteiger partial charge >= 0.3 is 24.3 Å². The van der Waals surface area contributed by atoms with E-state index in [1.165, 1.54) is 11.8 Å². The zero-order chi connectivity index (χ0) is 37.4. The predicted octanol–water partition coefficient (Wildman–Crippen LogP) is 4.59. The zero-order valence-corrected chi connectivity index (χ0v) is 28.5. The Bertz CT molecular complexity index is 1770. The molecule has 2 heterocycles. The Balaban J connectivity index is 1.39. The van der Waals surface area contributed by atoms with Crippen LogP contribution in [0, 0.1) is 5.92 Å². The summed E-state index contributed by atoms with van der Waals surface area (Å²) in [7, 11) is 0. The number of hydrogen-bond acceptors (Lipinski definition) is 12. The fraction of sp³-hybridized carbons (Fsp3) is 0.594. The summed E-state index contributed by atoms with van der Waals surface area (Å²) in [6.07, 6.45) is -12.8. The summed E-state index contributed by atoms with van der Waals surface area (Å²) in [5.74, 6) is -7.15. The number of hydrogen-bond donors (Lipinski definition) is 3. The first-order valence-corrected chi connectivity index (χ1v) is 17.8. The minimum absolute atomic E-state index is 0.0469. The van der Waals surface area contributed by atoms with E-state index in [2.05, 4.69) is 30.9 Å². The first-order valence-electron chi connectivity index (χ1n) is 16.8. The van der Waals surface area contributed by atoms with Crippen molar-refractivity contribution in [2.24, 2.45) is 11.7 Å². The third-order valence-electron chi connectivity index (χ3n) is 9.39. The van der Waals surface area contributed by atoms with E-state index in [1.807, 2.05) is 37.3 Å². The number of nitrogens with two attached hydrogens (primary N) is 1. The minimum Gasteiger partial charge on any atom is -0.451 e. The minimum atomic E-state index is -5.59. The molecule has 6 atom stereocenters. The van der Waals surface area contributed by atoms with Crippen molar-refractivity contribution in [2.75, 3.05) is 11.1 Å². The molecule has 52 heavy (non-hydrogen) atoms. The number of ether oxygens (including phenoxy) is 2. The molecule has 1 aromatic carbocycles. The maximum Gasteiger partial charge on any atom is 0.490 e. The summed E-state index contributed by atoms with van der Waals surface area (Å²) in [6.45, 7) is 1.93. The zero-order valence-electron chi connectivity index (χ0n) is 27.7. The second-order valence-electron chi connectivity index (χ2n) is 13.2. The quantitative estimate of drug-likeness (QED) is 0.108. The summed E-state index contributed by atoms with van der Waals surface area (Å²) in [5.41, 5.74) is 7.07. The van der Waals surface area contributed by atoms with Crippen LogP contribution in [-0.4, -0.2) is 91.2 Å². The lowest BCUT2D eigenvalue weighted by Gasteiger charge is -2.30. The Hall–Kier alpha value is -4.20. The summed E-state index contributed by atoms with van der Waals surface area (Å²) in [4.78, 5) is 47.2. The van der Waals surface area contributed by atoms with Gasteiger partial charge in [-0.3, -0.25) is 4.79 Å². The van der Waals surface area contributed by atoms with Crippen LogP contribution >= 0.6 is 11.8 Å². The van der Waals surface area contributed by atoms with Crippen molar-refractivity contribution in [1.29, 1.82) is 0 Å². The standard InChI is InChI=1S/C32H36F6N8O5S/c1-2-12-52-30-42-25(41-20-13-18(20)15-6-4-3-5-7-15)22-26(43-30)46(45-44-22)21-14-19(27(47)40-17-10-8-16(39)9-11-17)23(50-28(48)31(33,34)35)24(21)51-29(49)32(36,37)38/h3-7,16-21,23-24H,2,8-14,39H2,1H3,(H,40,47)(H,41,42,43)/t16?,17?,18-,19+,20+,21-,23-,24+/m0/s1. The van der Waals surface area contributed by atoms with Crippen LogP contribution in [-0.2, 0) is 23.9 Å². The monoisotopic (exact) mass is 758 g/mol. The predicted molar refractivity (Wildman–Crippen MR) is 173 cm³/mol. The maximum atomic E-state index is 13.7. The van der Waals surface area contributed by atoms with Gasteiger partial charge in [0.05, 0.1) is 12.0 Å². The Morgan fingerprint density at radius 1 is 0.942 bits per heavy atom. The number of carbonyl (C=O) groups is 3. The average molecular weight is 759 g/mol. The van der Waals surface area contributed by atoms with Gasteiger partial charge < -0.3 is 25.8 Å². The molecule has 6 rings (SSSR count). The second kappa shape index (κ2) is 15.0. The Kier molecular flexibility index (Phi) is 10.9. The molecule has 2 aromatic heterocycles. The van der Waals surface area contributed by atoms with Crippen molar-refractivity contribution in [3.8, 4) is 0 Å². The molecule has 0 saturated heterocycles. The van der Waals surface area contributed by atoms with E-state index >= 15 is 0 Å². The highest BCUT2D eigenvalue weighted by atomic mass is 32.2. The lowest BCUT2D eigenvalue weighted by Crippen LogP contribution is -2.48. The van der Waals surface area contributed by atoms with Crippen LogP contribution in [0.3, 0.4) is 0 Å². The molecular formula is C32H36F6N8O5S. The maximum absolute atomic E-state index is 13.7. The Labute approximate surface area is 297 Å². The number of nitrogens with zero attached hydrogens (tertiary/aromatic N) is 5. The number of amides is 1. The van der Waals surface area contributed by atoms with Crippen molar-refractivity contribution in [3.63, 3.8) is 0 Å². The fourth-order valence-corrected chi connectivity index (χ4v) is 7.40. The van der Waals surface area contributed by atoms with Gasteiger partial charge in [-0.05, 0) is 50.5 Å². The Morgan fingerprint density at radius 3 is 2.23 bits per heavy atom. The fourth-order valence-electron chi connectivity index (χ4n) is 6.71. The molecule has 3 saturated carbocycles. The van der Waals surface area contributed by atoms with E-state index < -0.39 is 66.8 Å². The van der Waals surface area contributed by atoms with Gasteiger partial charge in [0.25, 0.3) is 0 Å². The summed E-state index contributed by atoms with van der Waals surface area (Å²) in [6, 6.07) is 7.51. The molecule has 0 bridgehead atoms. The van der Waals surface area contributed by atoms with Crippen molar-refractivity contribution >= 4 is 46.6 Å². The van der Waals surface area contributed by atoms with Crippen LogP contribution in [0.5, 0.6) is 0 Å². The van der Waals surface area contributed by atoms with Gasteiger partial charge in [-0.1, -0.05) is 54.2 Å². The van der Waals surface area contributed by atoms with Crippen LogP contribution in [0.15, 0.2) is 35.5 Å². The van der Waals surface area contributed by atoms with Crippen LogP contribution < -0.4 is 16.4 Å². The molecule has 0 radical (unpaired) electrons. The third-order valence-corrected chi connectivity index (χ3v) is 10.4. The lowest BCUT2D eigenvalue weighted by molar-refractivity contribution is -0.222. The van der Waals surface area contributed by atoms with Crippen LogP contribution in [0.25, 0.3) is 11.2 Å². The number of alkyl halides is 6. The molecule has 3 aliphatic rings. The first kappa shape index (κ1) is 37.6. The third kappa shape index (κ3) is 8.37. The molecule has 282 valence electrons. The van der Waals surface area contributed by atoms with E-state index in [-0.39, 0.29) is 40.1 Å². The molecule has 13 nitrogen and oxygen atoms in total. The number of nitrogens with one attached hydrogen (secondary N) is 2. The smallest absolute Gasteiger partial charge is 0.451 e. The first-order chi connectivity index (χ1) is 24.6. The van der Waals surface area contributed by atoms with E-state index in [9.17, 15) is 40.7 Å². The molecule has 0 spiro atoms. The highest BCUT2D eigenvalue weighted by Gasteiger charge is 2.57. The van der Waals surface area contributed by atoms with E-state index in [0.717, 1.165) is 23.1 Å². The molecular weight excluding hydrogens is 722 g/mol. The SMILES string of the molecule is CCCSc1nc(N[C@@H]2C[C@H]2c2ccccc2)c2nnn([C@H]3C[C@@H](C(=O)NC4CCC(N)CC4)[C@H](OC(=O)C(F)(F)F)[C@@H]3OC(=O)C(F)(F)F)c2n1. The van der Waals surface area contributed by atoms with Gasteiger partial charge in [-0.2, -0.15) is 26.3 Å². The number of carbonyl (C=O) groups excluding carboxylic acids is 3. The number of thioether (sulfide) groups is 1. The van der Waals surface area contributed by atoms with E-state index in [4.69, 9.17) is 15.2 Å². The van der Waals surface area contributed by atoms with Crippen LogP contribution in [0.4, 0.5) is 32.2 Å². The highest BCUT2D eigenvalue weighted by Crippen LogP contribution is 2.45. The van der Waals surface area contributed by atoms with Gasteiger partial charge in [-0.25, -0.2) is 24.2 Å². The number of benzene rings is 1. The number of aromatic nitrogens is 5. The van der Waals surface area contributed by atoms with Gasteiger partial charge in [0.2, 0.25) is 5.91 Å². The molecule has 3 aliphatic carbocycles. The molecule has 20 heteroatoms. The molecule has 1 amide bonds. The molecule has 3 aromatic rings. The van der Waals surface area contributed by atoms with Gasteiger partial charge in [0, 0.05) is 29.8 Å². The second-order valence-corrected chi connectivity index (χ2v) is 14.2. The summed E-state index contributed by atoms with van der Waals surface area (Å²) in [5, 5.41) is 14.6. The average Bonchev–Trinajstić information content (AvgIpc) is 3.59. The summed E-state index contributed by atoms with van der Waals surface area (Å²) < 4.78 is 91.7. The molecule has 3 fully saturated rings. The molecule has 0 aliphatic heterocycles. The number of halogens is 6. The number of rotatable bonds is 11. The summed E-state index contributed by atoms with van der Waals surface area (Å²) >= 11 is 1.27. The number of esters is 2. The van der Waals surface area contributed by atoms with Crippen LogP contribution in [0.2, 0.25) is 0 Å². The van der Waals surface area contributed by atoms with Crippen molar-refractivity contribution < 1.29 is 50.2 Å². The Morgan fingerprint density at radius 2 is 1.60 bits per heavy atom. The molecule has 0 unspecified atom stereocenters. The molecule has 4 N–H and O–H groups in total. The topological polar surface area (TPSA) is 176 Å². The highest BCUT2D eigenvalue weighted by molar-refractivity contribution is 7.99. The van der Waals surface area contributed by atoms with Crippen molar-refractivity contribution in [3.05, 3.63) is 35.9 Å². The van der Waals surface area contributed by atoms with Crippen LogP contribution in [0.1, 0.15) is 69.4 Å². The van der Waals surface area contributed by atoms with Crippen molar-refractivity contribution in [1.82, 2.24) is 30.3 Å². The van der Waals surface area contributed by atoms with Crippen molar-refractivity contribution in [2.45, 2.75) is 112 Å².